The Labute approximate surface area is 127 Å². The maximum Gasteiger partial charge on any atom is 0.0964 e. The van der Waals surface area contributed by atoms with E-state index >= 15 is 0 Å². The van der Waals surface area contributed by atoms with Crippen molar-refractivity contribution in [3.8, 4) is 0 Å². The van der Waals surface area contributed by atoms with E-state index in [0.717, 1.165) is 15.7 Å². The van der Waals surface area contributed by atoms with Gasteiger partial charge >= 0.3 is 0 Å². The van der Waals surface area contributed by atoms with Crippen molar-refractivity contribution in [1.82, 2.24) is 0 Å². The van der Waals surface area contributed by atoms with Gasteiger partial charge in [0.2, 0.25) is 0 Å². The van der Waals surface area contributed by atoms with Gasteiger partial charge in [0.05, 0.1) is 12.7 Å². The number of hydrogen-bond donors (Lipinski definition) is 2. The van der Waals surface area contributed by atoms with E-state index in [1.54, 1.807) is 0 Å². The third-order valence-electron chi connectivity index (χ3n) is 3.14. The summed E-state index contributed by atoms with van der Waals surface area (Å²) in [5, 5.41) is 19.5. The van der Waals surface area contributed by atoms with E-state index in [-0.39, 0.29) is 6.61 Å². The number of anilines is 1. The number of halogens is 1. The van der Waals surface area contributed by atoms with Crippen molar-refractivity contribution in [2.45, 2.75) is 6.10 Å². The molecule has 0 saturated carbocycles. The highest BCUT2D eigenvalue weighted by Gasteiger charge is 2.13. The average molecular weight is 336 g/mol. The lowest BCUT2D eigenvalue weighted by Crippen LogP contribution is -2.31. The van der Waals surface area contributed by atoms with Crippen molar-refractivity contribution in [2.75, 3.05) is 24.6 Å². The molecule has 20 heavy (non-hydrogen) atoms. The maximum atomic E-state index is 10.3. The van der Waals surface area contributed by atoms with Gasteiger partial charge in [-0.05, 0) is 29.8 Å². The van der Waals surface area contributed by atoms with Gasteiger partial charge in [0, 0.05) is 23.2 Å². The first-order valence-electron chi connectivity index (χ1n) is 6.55. The highest BCUT2D eigenvalue weighted by molar-refractivity contribution is 9.10. The number of para-hydroxylation sites is 1. The van der Waals surface area contributed by atoms with Crippen molar-refractivity contribution >= 4 is 21.6 Å². The first-order chi connectivity index (χ1) is 9.70. The van der Waals surface area contributed by atoms with Gasteiger partial charge in [0.25, 0.3) is 0 Å². The molecule has 0 radical (unpaired) electrons. The molecule has 0 heterocycles. The molecule has 3 nitrogen and oxygen atoms in total. The summed E-state index contributed by atoms with van der Waals surface area (Å²) in [6.45, 7) is 1.01. The van der Waals surface area contributed by atoms with Gasteiger partial charge in [-0.15, -0.1) is 0 Å². The van der Waals surface area contributed by atoms with Gasteiger partial charge < -0.3 is 15.1 Å². The van der Waals surface area contributed by atoms with Gasteiger partial charge in [-0.3, -0.25) is 0 Å². The van der Waals surface area contributed by atoms with Crippen LogP contribution in [-0.2, 0) is 0 Å². The molecule has 0 bridgehead atoms. The standard InChI is InChI=1S/C16H18BrNO2/c17-14-8-6-13(7-9-14)16(20)12-18(10-11-19)15-4-2-1-3-5-15/h1-9,16,19-20H,10-12H2. The first kappa shape index (κ1) is 15.0. The Morgan fingerprint density at radius 2 is 1.65 bits per heavy atom. The topological polar surface area (TPSA) is 43.7 Å². The van der Waals surface area contributed by atoms with Crippen LogP contribution >= 0.6 is 15.9 Å². The number of aliphatic hydroxyl groups is 2. The van der Waals surface area contributed by atoms with Crippen LogP contribution in [0.1, 0.15) is 11.7 Å². The number of hydrogen-bond acceptors (Lipinski definition) is 3. The molecule has 0 amide bonds. The molecule has 2 N–H and O–H groups in total. The van der Waals surface area contributed by atoms with Crippen molar-refractivity contribution in [3.05, 3.63) is 64.6 Å². The minimum absolute atomic E-state index is 0.0575. The van der Waals surface area contributed by atoms with Crippen LogP contribution in [-0.4, -0.2) is 29.9 Å². The Hall–Kier alpha value is -1.36. The molecular formula is C16H18BrNO2. The third kappa shape index (κ3) is 4.07. The SMILES string of the molecule is OCCN(CC(O)c1ccc(Br)cc1)c1ccccc1. The zero-order chi connectivity index (χ0) is 14.4. The van der Waals surface area contributed by atoms with Crippen LogP contribution in [0.2, 0.25) is 0 Å². The van der Waals surface area contributed by atoms with Crippen molar-refractivity contribution < 1.29 is 10.2 Å². The summed E-state index contributed by atoms with van der Waals surface area (Å²) in [5.41, 5.74) is 1.87. The van der Waals surface area contributed by atoms with E-state index in [1.165, 1.54) is 0 Å². The predicted octanol–water partition coefficient (Wildman–Crippen LogP) is 2.98. The summed E-state index contributed by atoms with van der Waals surface area (Å²) in [5.74, 6) is 0. The lowest BCUT2D eigenvalue weighted by Gasteiger charge is -2.26. The van der Waals surface area contributed by atoms with Crippen LogP contribution in [0.25, 0.3) is 0 Å². The van der Waals surface area contributed by atoms with Crippen molar-refractivity contribution in [2.24, 2.45) is 0 Å². The van der Waals surface area contributed by atoms with Gasteiger partial charge in [-0.1, -0.05) is 46.3 Å². The van der Waals surface area contributed by atoms with E-state index in [1.807, 2.05) is 59.5 Å². The second-order valence-corrected chi connectivity index (χ2v) is 5.49. The molecule has 1 atom stereocenters. The molecule has 0 aliphatic rings. The number of aliphatic hydroxyl groups excluding tert-OH is 2. The summed E-state index contributed by atoms with van der Waals surface area (Å²) >= 11 is 3.38. The molecule has 0 spiro atoms. The highest BCUT2D eigenvalue weighted by atomic mass is 79.9. The zero-order valence-corrected chi connectivity index (χ0v) is 12.7. The molecule has 0 saturated heterocycles. The van der Waals surface area contributed by atoms with E-state index in [9.17, 15) is 10.2 Å². The van der Waals surface area contributed by atoms with E-state index in [2.05, 4.69) is 15.9 Å². The minimum atomic E-state index is -0.588. The summed E-state index contributed by atoms with van der Waals surface area (Å²) in [6.07, 6.45) is -0.588. The van der Waals surface area contributed by atoms with Crippen LogP contribution in [0.4, 0.5) is 5.69 Å². The fourth-order valence-electron chi connectivity index (χ4n) is 2.08. The highest BCUT2D eigenvalue weighted by Crippen LogP contribution is 2.21. The fraction of sp³-hybridized carbons (Fsp3) is 0.250. The lowest BCUT2D eigenvalue weighted by molar-refractivity contribution is 0.180. The van der Waals surface area contributed by atoms with Crippen molar-refractivity contribution in [1.29, 1.82) is 0 Å². The Balaban J connectivity index is 2.10. The van der Waals surface area contributed by atoms with Crippen LogP contribution in [0, 0.1) is 0 Å². The predicted molar refractivity (Wildman–Crippen MR) is 84.8 cm³/mol. The quantitative estimate of drug-likeness (QED) is 0.852. The van der Waals surface area contributed by atoms with Crippen LogP contribution in [0.5, 0.6) is 0 Å². The third-order valence-corrected chi connectivity index (χ3v) is 3.67. The normalized spacial score (nSPS) is 12.2. The Kier molecular flexibility index (Phi) is 5.59. The first-order valence-corrected chi connectivity index (χ1v) is 7.34. The van der Waals surface area contributed by atoms with Gasteiger partial charge in [-0.25, -0.2) is 0 Å². The molecule has 4 heteroatoms. The fourth-order valence-corrected chi connectivity index (χ4v) is 2.35. The minimum Gasteiger partial charge on any atom is -0.395 e. The molecule has 0 aliphatic heterocycles. The summed E-state index contributed by atoms with van der Waals surface area (Å²) in [6, 6.07) is 17.4. The van der Waals surface area contributed by atoms with Crippen LogP contribution in [0.3, 0.4) is 0 Å². The summed E-state index contributed by atoms with van der Waals surface area (Å²) in [4.78, 5) is 1.98. The average Bonchev–Trinajstić information content (AvgIpc) is 2.48. The summed E-state index contributed by atoms with van der Waals surface area (Å²) < 4.78 is 0.990. The largest absolute Gasteiger partial charge is 0.395 e. The number of nitrogens with zero attached hydrogens (tertiary/aromatic N) is 1. The van der Waals surface area contributed by atoms with Crippen LogP contribution in [0.15, 0.2) is 59.1 Å². The molecule has 2 aromatic carbocycles. The summed E-state index contributed by atoms with van der Waals surface area (Å²) in [7, 11) is 0. The lowest BCUT2D eigenvalue weighted by atomic mass is 10.1. The van der Waals surface area contributed by atoms with Crippen molar-refractivity contribution in [3.63, 3.8) is 0 Å². The van der Waals surface area contributed by atoms with Crippen LogP contribution < -0.4 is 4.90 Å². The Morgan fingerprint density at radius 1 is 1.00 bits per heavy atom. The molecule has 2 rings (SSSR count). The number of rotatable bonds is 6. The van der Waals surface area contributed by atoms with E-state index in [0.29, 0.717) is 13.1 Å². The van der Waals surface area contributed by atoms with E-state index in [4.69, 9.17) is 0 Å². The van der Waals surface area contributed by atoms with Gasteiger partial charge in [0.15, 0.2) is 0 Å². The second kappa shape index (κ2) is 7.43. The zero-order valence-electron chi connectivity index (χ0n) is 11.1. The van der Waals surface area contributed by atoms with Gasteiger partial charge in [0.1, 0.15) is 0 Å². The maximum absolute atomic E-state index is 10.3. The molecule has 1 unspecified atom stereocenters. The molecule has 0 fully saturated rings. The monoisotopic (exact) mass is 335 g/mol. The van der Waals surface area contributed by atoms with Gasteiger partial charge in [-0.2, -0.15) is 0 Å². The van der Waals surface area contributed by atoms with E-state index < -0.39 is 6.10 Å². The second-order valence-electron chi connectivity index (χ2n) is 4.57. The molecule has 2 aromatic rings. The smallest absolute Gasteiger partial charge is 0.0964 e. The number of benzene rings is 2. The Bertz CT molecular complexity index is 516. The Morgan fingerprint density at radius 3 is 2.25 bits per heavy atom. The molecule has 0 aromatic heterocycles. The molecule has 106 valence electrons. The molecular weight excluding hydrogens is 318 g/mol. The molecule has 0 aliphatic carbocycles.